The molecule has 1 saturated carbocycles. The zero-order chi connectivity index (χ0) is 23.0. The van der Waals surface area contributed by atoms with Crippen LogP contribution in [0.1, 0.15) is 53.0 Å². The second-order valence-corrected chi connectivity index (χ2v) is 8.04. The fourth-order valence-electron chi connectivity index (χ4n) is 4.34. The highest BCUT2D eigenvalue weighted by molar-refractivity contribution is 6.11. The Balaban J connectivity index is 1.79. The number of pyridine rings is 1. The van der Waals surface area contributed by atoms with Crippen LogP contribution in [0, 0.1) is 5.82 Å². The van der Waals surface area contributed by atoms with E-state index in [-0.39, 0.29) is 18.3 Å². The molecule has 2 aromatic rings. The number of halogens is 1. The van der Waals surface area contributed by atoms with E-state index in [1.54, 1.807) is 0 Å². The van der Waals surface area contributed by atoms with Crippen LogP contribution < -0.4 is 15.6 Å². The lowest BCUT2D eigenvalue weighted by molar-refractivity contribution is -0.123. The molecule has 2 amide bonds. The lowest BCUT2D eigenvalue weighted by Gasteiger charge is -2.38. The summed E-state index contributed by atoms with van der Waals surface area (Å²) in [6, 6.07) is 3.78. The number of anilines is 1. The quantitative estimate of drug-likeness (QED) is 0.662. The molecule has 3 N–H and O–H groups in total. The van der Waals surface area contributed by atoms with E-state index in [0.29, 0.717) is 0 Å². The number of carboxylic acid groups (broad SMARTS) is 1. The monoisotopic (exact) mass is 443 g/mol. The SMILES string of the molecule is O=C(O)c1cn2c(c(O)c1=O)C(=O)N(c1ccc(F)cc1)C(C(=O)NC1CCCCC1)C2. The van der Waals surface area contributed by atoms with E-state index in [1.165, 1.54) is 12.1 Å². The van der Waals surface area contributed by atoms with E-state index in [4.69, 9.17) is 0 Å². The van der Waals surface area contributed by atoms with Gasteiger partial charge in [-0.25, -0.2) is 9.18 Å². The molecule has 0 bridgehead atoms. The molecular formula is C22H22FN3O6. The summed E-state index contributed by atoms with van der Waals surface area (Å²) in [6.45, 7) is -0.189. The van der Waals surface area contributed by atoms with Crippen molar-refractivity contribution in [3.05, 3.63) is 57.8 Å². The topological polar surface area (TPSA) is 129 Å². The Morgan fingerprint density at radius 1 is 1.06 bits per heavy atom. The molecule has 0 spiro atoms. The molecule has 4 rings (SSSR count). The number of amides is 2. The van der Waals surface area contributed by atoms with Gasteiger partial charge in [-0.2, -0.15) is 0 Å². The highest BCUT2D eigenvalue weighted by atomic mass is 19.1. The van der Waals surface area contributed by atoms with Gasteiger partial charge in [0.05, 0.1) is 6.54 Å². The second kappa shape index (κ2) is 8.45. The molecule has 2 heterocycles. The van der Waals surface area contributed by atoms with Crippen LogP contribution in [0.25, 0.3) is 0 Å². The minimum absolute atomic E-state index is 0.0418. The van der Waals surface area contributed by atoms with Crippen molar-refractivity contribution < 1.29 is 29.0 Å². The van der Waals surface area contributed by atoms with E-state index in [9.17, 15) is 33.8 Å². The molecular weight excluding hydrogens is 421 g/mol. The Bertz CT molecular complexity index is 1140. The normalized spacial score (nSPS) is 18.8. The Labute approximate surface area is 182 Å². The molecule has 1 unspecified atom stereocenters. The van der Waals surface area contributed by atoms with Gasteiger partial charge in [-0.05, 0) is 37.1 Å². The minimum atomic E-state index is -1.56. The first kappa shape index (κ1) is 21.5. The molecule has 168 valence electrons. The number of aromatic nitrogens is 1. The van der Waals surface area contributed by atoms with E-state index >= 15 is 0 Å². The van der Waals surface area contributed by atoms with Crippen LogP contribution in [0.15, 0.2) is 35.3 Å². The summed E-state index contributed by atoms with van der Waals surface area (Å²) in [7, 11) is 0. The van der Waals surface area contributed by atoms with Gasteiger partial charge in [0.25, 0.3) is 5.91 Å². The van der Waals surface area contributed by atoms with Gasteiger partial charge in [0, 0.05) is 17.9 Å². The predicted molar refractivity (Wildman–Crippen MR) is 111 cm³/mol. The molecule has 1 aromatic heterocycles. The van der Waals surface area contributed by atoms with Crippen molar-refractivity contribution in [2.45, 2.75) is 50.7 Å². The van der Waals surface area contributed by atoms with Crippen LogP contribution >= 0.6 is 0 Å². The van der Waals surface area contributed by atoms with Crippen molar-refractivity contribution in [1.29, 1.82) is 0 Å². The molecule has 9 nitrogen and oxygen atoms in total. The van der Waals surface area contributed by atoms with Crippen LogP contribution in [0.2, 0.25) is 0 Å². The van der Waals surface area contributed by atoms with Gasteiger partial charge >= 0.3 is 5.97 Å². The number of rotatable bonds is 4. The predicted octanol–water partition coefficient (Wildman–Crippen LogP) is 1.87. The van der Waals surface area contributed by atoms with Gasteiger partial charge < -0.3 is 20.1 Å². The van der Waals surface area contributed by atoms with Gasteiger partial charge in [0.15, 0.2) is 11.4 Å². The molecule has 1 aliphatic carbocycles. The highest BCUT2D eigenvalue weighted by Crippen LogP contribution is 2.29. The average Bonchev–Trinajstić information content (AvgIpc) is 2.77. The van der Waals surface area contributed by atoms with Crippen LogP contribution in [0.5, 0.6) is 5.75 Å². The largest absolute Gasteiger partial charge is 0.503 e. The van der Waals surface area contributed by atoms with E-state index < -0.39 is 52.1 Å². The van der Waals surface area contributed by atoms with Crippen LogP contribution in [-0.2, 0) is 11.3 Å². The van der Waals surface area contributed by atoms with Crippen molar-refractivity contribution in [1.82, 2.24) is 9.88 Å². The summed E-state index contributed by atoms with van der Waals surface area (Å²) in [5.41, 5.74) is -2.12. The number of carboxylic acids is 1. The van der Waals surface area contributed by atoms with Crippen molar-refractivity contribution in [2.24, 2.45) is 0 Å². The van der Waals surface area contributed by atoms with Crippen molar-refractivity contribution in [2.75, 3.05) is 4.90 Å². The molecule has 1 atom stereocenters. The maximum absolute atomic E-state index is 13.5. The smallest absolute Gasteiger partial charge is 0.341 e. The van der Waals surface area contributed by atoms with Gasteiger partial charge in [0.2, 0.25) is 11.3 Å². The summed E-state index contributed by atoms with van der Waals surface area (Å²) in [5, 5.41) is 22.6. The maximum Gasteiger partial charge on any atom is 0.341 e. The molecule has 32 heavy (non-hydrogen) atoms. The number of benzene rings is 1. The van der Waals surface area contributed by atoms with Gasteiger partial charge in [0.1, 0.15) is 17.4 Å². The molecule has 10 heteroatoms. The Hall–Kier alpha value is -3.69. The molecule has 1 aromatic carbocycles. The molecule has 2 aliphatic rings. The van der Waals surface area contributed by atoms with Gasteiger partial charge in [-0.1, -0.05) is 19.3 Å². The standard InChI is InChI=1S/C22H22FN3O6/c23-12-6-8-14(9-7-12)26-16(20(29)24-13-4-2-1-3-5-13)11-25-10-15(22(31)32)18(27)19(28)17(25)21(26)30/h6-10,13,16,28H,1-5,11H2,(H,24,29)(H,31,32). The molecule has 0 saturated heterocycles. The fraction of sp³-hybridized carbons (Fsp3) is 0.364. The van der Waals surface area contributed by atoms with Crippen molar-refractivity contribution in [3.63, 3.8) is 0 Å². The van der Waals surface area contributed by atoms with E-state index in [2.05, 4.69) is 5.32 Å². The van der Waals surface area contributed by atoms with Crippen molar-refractivity contribution >= 4 is 23.5 Å². The number of hydrogen-bond donors (Lipinski definition) is 3. The number of aromatic hydroxyl groups is 1. The molecule has 1 fully saturated rings. The van der Waals surface area contributed by atoms with E-state index in [0.717, 1.165) is 59.9 Å². The number of aromatic carboxylic acids is 1. The summed E-state index contributed by atoms with van der Waals surface area (Å²) < 4.78 is 14.6. The third-order valence-electron chi connectivity index (χ3n) is 5.95. The summed E-state index contributed by atoms with van der Waals surface area (Å²) in [6.07, 6.45) is 5.65. The fourth-order valence-corrected chi connectivity index (χ4v) is 4.34. The zero-order valence-electron chi connectivity index (χ0n) is 17.1. The van der Waals surface area contributed by atoms with Crippen LogP contribution in [0.3, 0.4) is 0 Å². The first-order valence-electron chi connectivity index (χ1n) is 10.4. The number of nitrogens with one attached hydrogen (secondary N) is 1. The Morgan fingerprint density at radius 3 is 2.34 bits per heavy atom. The number of fused-ring (bicyclic) bond motifs is 1. The average molecular weight is 443 g/mol. The van der Waals surface area contributed by atoms with Crippen LogP contribution in [-0.4, -0.2) is 44.6 Å². The number of carbonyl (C=O) groups is 3. The first-order valence-corrected chi connectivity index (χ1v) is 10.4. The third-order valence-corrected chi connectivity index (χ3v) is 5.95. The van der Waals surface area contributed by atoms with Crippen molar-refractivity contribution in [3.8, 4) is 5.75 Å². The number of nitrogens with zero attached hydrogens (tertiary/aromatic N) is 2. The van der Waals surface area contributed by atoms with Gasteiger partial charge in [-0.15, -0.1) is 0 Å². The van der Waals surface area contributed by atoms with Gasteiger partial charge in [-0.3, -0.25) is 19.3 Å². The zero-order valence-corrected chi connectivity index (χ0v) is 17.1. The number of carbonyl (C=O) groups excluding carboxylic acids is 2. The van der Waals surface area contributed by atoms with E-state index in [1.807, 2.05) is 0 Å². The number of hydrogen-bond acceptors (Lipinski definition) is 5. The maximum atomic E-state index is 13.5. The molecule has 0 radical (unpaired) electrons. The Morgan fingerprint density at radius 2 is 1.72 bits per heavy atom. The third kappa shape index (κ3) is 3.83. The Kier molecular flexibility index (Phi) is 5.68. The summed E-state index contributed by atoms with van der Waals surface area (Å²) >= 11 is 0. The van der Waals surface area contributed by atoms with Crippen LogP contribution in [0.4, 0.5) is 10.1 Å². The second-order valence-electron chi connectivity index (χ2n) is 8.04. The lowest BCUT2D eigenvalue weighted by atomic mass is 9.95. The summed E-state index contributed by atoms with van der Waals surface area (Å²) in [4.78, 5) is 51.3. The first-order chi connectivity index (χ1) is 15.3. The summed E-state index contributed by atoms with van der Waals surface area (Å²) in [5.74, 6) is -4.41. The lowest BCUT2D eigenvalue weighted by Crippen LogP contribution is -2.57. The highest BCUT2D eigenvalue weighted by Gasteiger charge is 2.41. The molecule has 1 aliphatic heterocycles. The minimum Gasteiger partial charge on any atom is -0.503 e.